The van der Waals surface area contributed by atoms with E-state index in [0.717, 1.165) is 30.2 Å². The molecule has 3 aromatic rings. The van der Waals surface area contributed by atoms with Gasteiger partial charge in [0.1, 0.15) is 17.0 Å². The molecule has 1 saturated heterocycles. The van der Waals surface area contributed by atoms with Crippen molar-refractivity contribution in [3.8, 4) is 11.3 Å². The summed E-state index contributed by atoms with van der Waals surface area (Å²) in [6.45, 7) is 0.344. The van der Waals surface area contributed by atoms with Gasteiger partial charge in [-0.15, -0.1) is 0 Å². The van der Waals surface area contributed by atoms with Gasteiger partial charge in [-0.1, -0.05) is 43.2 Å². The molecule has 1 aliphatic carbocycles. The van der Waals surface area contributed by atoms with Crippen LogP contribution in [0.5, 0.6) is 0 Å². The number of fused-ring (bicyclic) bond motifs is 2. The maximum atomic E-state index is 13.8. The van der Waals surface area contributed by atoms with Crippen LogP contribution in [0.1, 0.15) is 54.6 Å². The van der Waals surface area contributed by atoms with Crippen molar-refractivity contribution < 1.29 is 18.4 Å². The monoisotopic (exact) mass is 424 g/mol. The summed E-state index contributed by atoms with van der Waals surface area (Å²) in [7, 11) is 0. The Labute approximate surface area is 177 Å². The van der Waals surface area contributed by atoms with Gasteiger partial charge in [0.05, 0.1) is 11.9 Å². The molecule has 0 radical (unpaired) electrons. The zero-order valence-corrected chi connectivity index (χ0v) is 16.9. The lowest BCUT2D eigenvalue weighted by molar-refractivity contribution is -0.129. The molecule has 1 aromatic carbocycles. The third-order valence-electron chi connectivity index (χ3n) is 6.43. The minimum atomic E-state index is -2.77. The van der Waals surface area contributed by atoms with Crippen LogP contribution >= 0.6 is 0 Å². The first kappa shape index (κ1) is 19.8. The van der Waals surface area contributed by atoms with Crippen LogP contribution in [-0.4, -0.2) is 43.8 Å². The molecule has 1 saturated carbocycles. The highest BCUT2D eigenvalue weighted by Gasteiger charge is 2.41. The summed E-state index contributed by atoms with van der Waals surface area (Å²) in [5.41, 5.74) is 1.04. The molecule has 160 valence electrons. The van der Waals surface area contributed by atoms with Gasteiger partial charge in [0, 0.05) is 30.5 Å². The molecule has 2 aliphatic rings. The fourth-order valence-corrected chi connectivity index (χ4v) is 4.90. The number of piperidine rings is 1. The minimum Gasteiger partial charge on any atom is -0.334 e. The maximum Gasteiger partial charge on any atom is 0.280 e. The molecule has 0 unspecified atom stereocenters. The van der Waals surface area contributed by atoms with Gasteiger partial charge in [-0.3, -0.25) is 9.59 Å². The zero-order chi connectivity index (χ0) is 21.5. The number of amides is 1. The highest BCUT2D eigenvalue weighted by atomic mass is 19.3. The van der Waals surface area contributed by atoms with E-state index in [-0.39, 0.29) is 40.6 Å². The molecule has 2 atom stereocenters. The second-order valence-electron chi connectivity index (χ2n) is 8.20. The SMILES string of the molecule is O=C1CCN(C(=O)c2cnn3c(C(F)F)cc(-c4ccccc4)nc23)[C@H]2CCCC[C@@H]12. The zero-order valence-electron chi connectivity index (χ0n) is 16.9. The number of Topliss-reactive ketones (excluding diaryl/α,β-unsaturated/α-hetero) is 1. The van der Waals surface area contributed by atoms with Crippen LogP contribution in [0.2, 0.25) is 0 Å². The third kappa shape index (κ3) is 3.40. The molecule has 2 fully saturated rings. The Kier molecular flexibility index (Phi) is 5.00. The van der Waals surface area contributed by atoms with Crippen molar-refractivity contribution in [3.05, 3.63) is 53.9 Å². The molecule has 1 amide bonds. The molecular formula is C23H22F2N4O2. The summed E-state index contributed by atoms with van der Waals surface area (Å²) in [6, 6.07) is 10.2. The van der Waals surface area contributed by atoms with Gasteiger partial charge in [0.25, 0.3) is 12.3 Å². The van der Waals surface area contributed by atoms with Gasteiger partial charge in [-0.25, -0.2) is 18.3 Å². The van der Waals surface area contributed by atoms with Crippen molar-refractivity contribution in [1.82, 2.24) is 19.5 Å². The van der Waals surface area contributed by atoms with Crippen LogP contribution in [0.4, 0.5) is 8.78 Å². The number of alkyl halides is 2. The Morgan fingerprint density at radius 1 is 1.13 bits per heavy atom. The fourth-order valence-electron chi connectivity index (χ4n) is 4.90. The minimum absolute atomic E-state index is 0.117. The number of carbonyl (C=O) groups excluding carboxylic acids is 2. The van der Waals surface area contributed by atoms with Crippen LogP contribution in [0.25, 0.3) is 16.9 Å². The summed E-state index contributed by atoms with van der Waals surface area (Å²) in [6.07, 6.45) is 2.42. The fraction of sp³-hybridized carbons (Fsp3) is 0.391. The van der Waals surface area contributed by atoms with Crippen molar-refractivity contribution in [2.24, 2.45) is 5.92 Å². The van der Waals surface area contributed by atoms with Crippen LogP contribution < -0.4 is 0 Å². The van der Waals surface area contributed by atoms with Crippen LogP contribution in [-0.2, 0) is 4.79 Å². The maximum absolute atomic E-state index is 13.8. The molecule has 5 rings (SSSR count). The number of ketones is 1. The lowest BCUT2D eigenvalue weighted by Gasteiger charge is -2.43. The van der Waals surface area contributed by atoms with Crippen LogP contribution in [0.3, 0.4) is 0 Å². The van der Waals surface area contributed by atoms with E-state index in [0.29, 0.717) is 24.2 Å². The second-order valence-corrected chi connectivity index (χ2v) is 8.20. The molecule has 0 N–H and O–H groups in total. The first-order valence-electron chi connectivity index (χ1n) is 10.6. The predicted octanol–water partition coefficient (Wildman–Crippen LogP) is 4.31. The molecule has 1 aliphatic heterocycles. The van der Waals surface area contributed by atoms with Crippen molar-refractivity contribution >= 4 is 17.3 Å². The van der Waals surface area contributed by atoms with Gasteiger partial charge in [0.15, 0.2) is 5.65 Å². The van der Waals surface area contributed by atoms with E-state index in [1.807, 2.05) is 6.07 Å². The van der Waals surface area contributed by atoms with Crippen molar-refractivity contribution in [2.75, 3.05) is 6.54 Å². The van der Waals surface area contributed by atoms with Crippen LogP contribution in [0.15, 0.2) is 42.6 Å². The van der Waals surface area contributed by atoms with E-state index in [1.54, 1.807) is 29.2 Å². The number of hydrogen-bond donors (Lipinski definition) is 0. The van der Waals surface area contributed by atoms with E-state index >= 15 is 0 Å². The smallest absolute Gasteiger partial charge is 0.280 e. The van der Waals surface area contributed by atoms with Gasteiger partial charge in [0.2, 0.25) is 0 Å². The number of rotatable bonds is 3. The summed E-state index contributed by atoms with van der Waals surface area (Å²) >= 11 is 0. The van der Waals surface area contributed by atoms with E-state index in [1.165, 1.54) is 12.3 Å². The lowest BCUT2D eigenvalue weighted by Crippen LogP contribution is -2.53. The normalized spacial score (nSPS) is 21.5. The first-order valence-corrected chi connectivity index (χ1v) is 10.6. The number of nitrogens with zero attached hydrogens (tertiary/aromatic N) is 4. The predicted molar refractivity (Wildman–Crippen MR) is 110 cm³/mol. The van der Waals surface area contributed by atoms with Gasteiger partial charge < -0.3 is 4.90 Å². The highest BCUT2D eigenvalue weighted by molar-refractivity contribution is 6.01. The Bertz CT molecular complexity index is 1150. The molecule has 31 heavy (non-hydrogen) atoms. The number of carbonyl (C=O) groups is 2. The van der Waals surface area contributed by atoms with Crippen molar-refractivity contribution in [2.45, 2.75) is 44.6 Å². The lowest BCUT2D eigenvalue weighted by atomic mass is 9.77. The molecule has 6 nitrogen and oxygen atoms in total. The van der Waals surface area contributed by atoms with E-state index in [2.05, 4.69) is 10.1 Å². The number of hydrogen-bond acceptors (Lipinski definition) is 4. The molecule has 0 bridgehead atoms. The highest BCUT2D eigenvalue weighted by Crippen LogP contribution is 2.35. The quantitative estimate of drug-likeness (QED) is 0.629. The van der Waals surface area contributed by atoms with Crippen molar-refractivity contribution in [1.29, 1.82) is 0 Å². The number of benzene rings is 1. The Hall–Kier alpha value is -3.16. The Morgan fingerprint density at radius 3 is 2.68 bits per heavy atom. The molecule has 2 aromatic heterocycles. The van der Waals surface area contributed by atoms with E-state index < -0.39 is 6.43 Å². The van der Waals surface area contributed by atoms with E-state index in [9.17, 15) is 18.4 Å². The largest absolute Gasteiger partial charge is 0.334 e. The Balaban J connectivity index is 1.59. The number of halogens is 2. The molecule has 0 spiro atoms. The molecule has 8 heteroatoms. The summed E-state index contributed by atoms with van der Waals surface area (Å²) in [5, 5.41) is 4.07. The third-order valence-corrected chi connectivity index (χ3v) is 6.43. The average Bonchev–Trinajstić information content (AvgIpc) is 3.23. The van der Waals surface area contributed by atoms with Gasteiger partial charge in [-0.05, 0) is 18.9 Å². The molecular weight excluding hydrogens is 402 g/mol. The van der Waals surface area contributed by atoms with E-state index in [4.69, 9.17) is 0 Å². The standard InChI is InChI=1S/C23H22F2N4O2/c24-21(25)19-12-17(14-6-2-1-3-7-14)27-22-16(13-26-29(19)22)23(31)28-11-10-20(30)15-8-4-5-9-18(15)28/h1-3,6-7,12-13,15,18,21H,4-5,8-11H2/t15-,18+/m1/s1. The van der Waals surface area contributed by atoms with Gasteiger partial charge >= 0.3 is 0 Å². The summed E-state index contributed by atoms with van der Waals surface area (Å²) < 4.78 is 28.7. The number of aromatic nitrogens is 3. The Morgan fingerprint density at radius 2 is 1.90 bits per heavy atom. The average molecular weight is 424 g/mol. The van der Waals surface area contributed by atoms with Crippen LogP contribution in [0, 0.1) is 5.92 Å². The summed E-state index contributed by atoms with van der Waals surface area (Å²) in [4.78, 5) is 32.1. The summed E-state index contributed by atoms with van der Waals surface area (Å²) in [5.74, 6) is -0.201. The molecule has 3 heterocycles. The second kappa shape index (κ2) is 7.83. The van der Waals surface area contributed by atoms with Gasteiger partial charge in [-0.2, -0.15) is 5.10 Å². The van der Waals surface area contributed by atoms with Crippen molar-refractivity contribution in [3.63, 3.8) is 0 Å². The topological polar surface area (TPSA) is 67.6 Å². The number of likely N-dealkylation sites (tertiary alicyclic amines) is 1. The first-order chi connectivity index (χ1) is 15.0.